The number of carboxylic acid groups (broad SMARTS) is 1. The third-order valence-electron chi connectivity index (χ3n) is 3.50. The van der Waals surface area contributed by atoms with Crippen molar-refractivity contribution in [2.24, 2.45) is 0 Å². The Labute approximate surface area is 122 Å². The molecule has 0 spiro atoms. The molecule has 0 bridgehead atoms. The molecule has 2 heterocycles. The molecule has 1 fully saturated rings. The number of rotatable bonds is 2. The van der Waals surface area contributed by atoms with Crippen LogP contribution in [0.1, 0.15) is 33.6 Å². The number of nitrogens with zero attached hydrogens (tertiary/aromatic N) is 4. The maximum absolute atomic E-state index is 12.0. The molecule has 0 radical (unpaired) electrons. The standard InChI is InChI=1S/C13H20N4O4/c1-12(2,3)21-11(20)16-7-4-13(5-8-16,10(18)19)17-9-6-14-15-17/h6,9H,4-5,7-8H2,1-3H3,(H,18,19). The first-order chi connectivity index (χ1) is 9.74. The second-order valence-corrected chi connectivity index (χ2v) is 6.15. The number of piperidine rings is 1. The highest BCUT2D eigenvalue weighted by Crippen LogP contribution is 2.30. The van der Waals surface area contributed by atoms with Gasteiger partial charge < -0.3 is 14.7 Å². The summed E-state index contributed by atoms with van der Waals surface area (Å²) < 4.78 is 6.66. The van der Waals surface area contributed by atoms with Crippen molar-refractivity contribution in [3.63, 3.8) is 0 Å². The third-order valence-corrected chi connectivity index (χ3v) is 3.50. The van der Waals surface area contributed by atoms with Gasteiger partial charge in [0, 0.05) is 32.1 Å². The van der Waals surface area contributed by atoms with Crippen LogP contribution in [0.5, 0.6) is 0 Å². The van der Waals surface area contributed by atoms with Crippen molar-refractivity contribution in [1.29, 1.82) is 0 Å². The summed E-state index contributed by atoms with van der Waals surface area (Å²) in [5.41, 5.74) is -1.71. The maximum atomic E-state index is 12.0. The lowest BCUT2D eigenvalue weighted by Crippen LogP contribution is -2.53. The fourth-order valence-corrected chi connectivity index (χ4v) is 2.36. The van der Waals surface area contributed by atoms with Crippen LogP contribution in [-0.4, -0.2) is 55.8 Å². The van der Waals surface area contributed by atoms with Crippen LogP contribution in [0.4, 0.5) is 4.79 Å². The van der Waals surface area contributed by atoms with Gasteiger partial charge in [0.25, 0.3) is 0 Å². The van der Waals surface area contributed by atoms with Gasteiger partial charge in [-0.15, -0.1) is 5.10 Å². The maximum Gasteiger partial charge on any atom is 0.410 e. The average Bonchev–Trinajstić information content (AvgIpc) is 2.90. The number of carbonyl (C=O) groups excluding carboxylic acids is 1. The summed E-state index contributed by atoms with van der Waals surface area (Å²) in [6.45, 7) is 6.01. The van der Waals surface area contributed by atoms with Crippen molar-refractivity contribution >= 4 is 12.1 Å². The van der Waals surface area contributed by atoms with E-state index in [9.17, 15) is 14.7 Å². The van der Waals surface area contributed by atoms with E-state index in [-0.39, 0.29) is 12.8 Å². The molecule has 1 N–H and O–H groups in total. The molecule has 1 amide bonds. The molecule has 0 saturated carbocycles. The van der Waals surface area contributed by atoms with Crippen molar-refractivity contribution in [1.82, 2.24) is 19.9 Å². The molecule has 0 unspecified atom stereocenters. The van der Waals surface area contributed by atoms with Crippen LogP contribution in [-0.2, 0) is 15.1 Å². The van der Waals surface area contributed by atoms with Gasteiger partial charge in [-0.3, -0.25) is 0 Å². The van der Waals surface area contributed by atoms with Gasteiger partial charge in [0.2, 0.25) is 0 Å². The Morgan fingerprint density at radius 2 is 1.90 bits per heavy atom. The fraction of sp³-hybridized carbons (Fsp3) is 0.692. The molecule has 1 saturated heterocycles. The van der Waals surface area contributed by atoms with E-state index >= 15 is 0 Å². The van der Waals surface area contributed by atoms with Gasteiger partial charge in [-0.25, -0.2) is 14.3 Å². The second-order valence-electron chi connectivity index (χ2n) is 6.15. The lowest BCUT2D eigenvalue weighted by atomic mass is 9.88. The van der Waals surface area contributed by atoms with Crippen molar-refractivity contribution < 1.29 is 19.4 Å². The minimum atomic E-state index is -1.14. The molecule has 1 aromatic rings. The lowest BCUT2D eigenvalue weighted by Gasteiger charge is -2.38. The molecule has 8 heteroatoms. The van der Waals surface area contributed by atoms with Gasteiger partial charge in [0.15, 0.2) is 5.54 Å². The molecule has 0 aromatic carbocycles. The quantitative estimate of drug-likeness (QED) is 0.877. The van der Waals surface area contributed by atoms with Crippen LogP contribution >= 0.6 is 0 Å². The summed E-state index contributed by atoms with van der Waals surface area (Å²) in [6, 6.07) is 0. The van der Waals surface area contributed by atoms with Gasteiger partial charge >= 0.3 is 12.1 Å². The number of ether oxygens (including phenoxy) is 1. The number of likely N-dealkylation sites (tertiary alicyclic amines) is 1. The summed E-state index contributed by atoms with van der Waals surface area (Å²) in [5.74, 6) is -0.961. The van der Waals surface area contributed by atoms with E-state index < -0.39 is 23.2 Å². The smallest absolute Gasteiger partial charge is 0.410 e. The molecule has 1 aliphatic rings. The molecule has 116 valence electrons. The number of aromatic nitrogens is 3. The lowest BCUT2D eigenvalue weighted by molar-refractivity contribution is -0.151. The highest BCUT2D eigenvalue weighted by molar-refractivity contribution is 5.77. The number of aliphatic carboxylic acids is 1. The average molecular weight is 296 g/mol. The summed E-state index contributed by atoms with van der Waals surface area (Å²) in [4.78, 5) is 25.2. The molecule has 0 atom stereocenters. The number of carbonyl (C=O) groups is 2. The molecule has 8 nitrogen and oxygen atoms in total. The predicted molar refractivity (Wildman–Crippen MR) is 72.7 cm³/mol. The Hall–Kier alpha value is -2.12. The van der Waals surface area contributed by atoms with Gasteiger partial charge in [0.1, 0.15) is 5.60 Å². The highest BCUT2D eigenvalue weighted by Gasteiger charge is 2.45. The number of hydrogen-bond acceptors (Lipinski definition) is 5. The van der Waals surface area contributed by atoms with Crippen molar-refractivity contribution in [2.75, 3.05) is 13.1 Å². The normalized spacial score (nSPS) is 18.3. The zero-order valence-electron chi connectivity index (χ0n) is 12.4. The van der Waals surface area contributed by atoms with E-state index in [2.05, 4.69) is 10.3 Å². The minimum Gasteiger partial charge on any atom is -0.479 e. The Morgan fingerprint density at radius 1 is 1.29 bits per heavy atom. The van der Waals surface area contributed by atoms with E-state index in [4.69, 9.17) is 4.74 Å². The highest BCUT2D eigenvalue weighted by atomic mass is 16.6. The number of amides is 1. The zero-order chi connectivity index (χ0) is 15.7. The first-order valence-electron chi connectivity index (χ1n) is 6.83. The van der Waals surface area contributed by atoms with E-state index in [1.165, 1.54) is 22.0 Å². The second kappa shape index (κ2) is 5.34. The van der Waals surface area contributed by atoms with Crippen LogP contribution < -0.4 is 0 Å². The van der Waals surface area contributed by atoms with E-state index in [0.29, 0.717) is 13.1 Å². The Morgan fingerprint density at radius 3 is 2.33 bits per heavy atom. The van der Waals surface area contributed by atoms with E-state index in [1.807, 2.05) is 0 Å². The van der Waals surface area contributed by atoms with Crippen LogP contribution in [0.25, 0.3) is 0 Å². The van der Waals surface area contributed by atoms with Gasteiger partial charge in [-0.1, -0.05) is 5.21 Å². The Kier molecular flexibility index (Phi) is 3.89. The summed E-state index contributed by atoms with van der Waals surface area (Å²) in [6.07, 6.45) is 3.11. The van der Waals surface area contributed by atoms with Crippen LogP contribution in [0.15, 0.2) is 12.4 Å². The van der Waals surface area contributed by atoms with Crippen molar-refractivity contribution in [3.8, 4) is 0 Å². The summed E-state index contributed by atoms with van der Waals surface area (Å²) in [7, 11) is 0. The topological polar surface area (TPSA) is 97.6 Å². The first-order valence-corrected chi connectivity index (χ1v) is 6.83. The Balaban J connectivity index is 2.08. The SMILES string of the molecule is CC(C)(C)OC(=O)N1CCC(C(=O)O)(n2ccnn2)CC1. The predicted octanol–water partition coefficient (Wildman–Crippen LogP) is 1.09. The summed E-state index contributed by atoms with van der Waals surface area (Å²) >= 11 is 0. The van der Waals surface area contributed by atoms with E-state index in [0.717, 1.165) is 0 Å². The minimum absolute atomic E-state index is 0.269. The first kappa shape index (κ1) is 15.3. The van der Waals surface area contributed by atoms with E-state index in [1.54, 1.807) is 20.8 Å². The van der Waals surface area contributed by atoms with Gasteiger partial charge in [-0.05, 0) is 20.8 Å². The Bertz CT molecular complexity index is 513. The third kappa shape index (κ3) is 3.14. The van der Waals surface area contributed by atoms with Crippen molar-refractivity contribution in [2.45, 2.75) is 44.8 Å². The molecule has 2 rings (SSSR count). The van der Waals surface area contributed by atoms with Crippen LogP contribution in [0.3, 0.4) is 0 Å². The molecule has 0 aliphatic carbocycles. The van der Waals surface area contributed by atoms with Gasteiger partial charge in [0.05, 0.1) is 6.20 Å². The largest absolute Gasteiger partial charge is 0.479 e. The van der Waals surface area contributed by atoms with Crippen LogP contribution in [0.2, 0.25) is 0 Å². The van der Waals surface area contributed by atoms with Gasteiger partial charge in [-0.2, -0.15) is 0 Å². The molecular weight excluding hydrogens is 276 g/mol. The molecule has 1 aromatic heterocycles. The molecular formula is C13H20N4O4. The zero-order valence-corrected chi connectivity index (χ0v) is 12.4. The van der Waals surface area contributed by atoms with Crippen molar-refractivity contribution in [3.05, 3.63) is 12.4 Å². The number of hydrogen-bond donors (Lipinski definition) is 1. The summed E-state index contributed by atoms with van der Waals surface area (Å²) in [5, 5.41) is 17.0. The molecule has 1 aliphatic heterocycles. The molecule has 21 heavy (non-hydrogen) atoms. The van der Waals surface area contributed by atoms with Crippen LogP contribution in [0, 0.1) is 0 Å². The fourth-order valence-electron chi connectivity index (χ4n) is 2.36. The number of carboxylic acids is 1. The monoisotopic (exact) mass is 296 g/mol.